The van der Waals surface area contributed by atoms with Gasteiger partial charge in [0.2, 0.25) is 0 Å². The second-order valence-corrected chi connectivity index (χ2v) is 4.09. The van der Waals surface area contributed by atoms with Crippen LogP contribution in [0.25, 0.3) is 11.1 Å². The number of aryl methyl sites for hydroxylation is 1. The minimum atomic E-state index is 0.677. The van der Waals surface area contributed by atoms with E-state index in [2.05, 4.69) is 13.0 Å². The predicted octanol–water partition coefficient (Wildman–Crippen LogP) is 3.74. The molecule has 0 atom stereocenters. The maximum atomic E-state index is 10.8. The molecule has 2 nitrogen and oxygen atoms in total. The highest BCUT2D eigenvalue weighted by Crippen LogP contribution is 2.33. The van der Waals surface area contributed by atoms with Crippen LogP contribution >= 0.6 is 0 Å². The first kappa shape index (κ1) is 12.4. The summed E-state index contributed by atoms with van der Waals surface area (Å²) in [4.78, 5) is 10.8. The van der Waals surface area contributed by atoms with Crippen LogP contribution in [0.2, 0.25) is 0 Å². The Balaban J connectivity index is 2.59. The number of methoxy groups -OCH3 is 1. The van der Waals surface area contributed by atoms with E-state index in [1.807, 2.05) is 30.3 Å². The number of hydrogen-bond donors (Lipinski definition) is 0. The smallest absolute Gasteiger partial charge is 0.150 e. The average Bonchev–Trinajstić information content (AvgIpc) is 2.46. The summed E-state index contributed by atoms with van der Waals surface area (Å²) >= 11 is 0. The molecule has 0 saturated heterocycles. The topological polar surface area (TPSA) is 26.3 Å². The van der Waals surface area contributed by atoms with E-state index in [1.165, 1.54) is 5.56 Å². The van der Waals surface area contributed by atoms with Crippen molar-refractivity contribution in [1.29, 1.82) is 0 Å². The summed E-state index contributed by atoms with van der Waals surface area (Å²) < 4.78 is 5.51. The van der Waals surface area contributed by atoms with Crippen molar-refractivity contribution in [2.45, 2.75) is 13.3 Å². The Bertz CT molecular complexity index is 559. The number of rotatable bonds is 4. The number of carbonyl (C=O) groups is 1. The van der Waals surface area contributed by atoms with Crippen LogP contribution in [-0.4, -0.2) is 13.4 Å². The van der Waals surface area contributed by atoms with Gasteiger partial charge in [0, 0.05) is 11.1 Å². The Morgan fingerprint density at radius 2 is 1.94 bits per heavy atom. The predicted molar refractivity (Wildman–Crippen MR) is 73.2 cm³/mol. The molecule has 0 aliphatic heterocycles. The molecule has 0 aliphatic rings. The van der Waals surface area contributed by atoms with Crippen LogP contribution in [0, 0.1) is 0 Å². The lowest BCUT2D eigenvalue weighted by Crippen LogP contribution is -1.94. The minimum Gasteiger partial charge on any atom is -0.496 e. The molecule has 0 radical (unpaired) electrons. The quantitative estimate of drug-likeness (QED) is 0.761. The average molecular weight is 240 g/mol. The highest BCUT2D eigenvalue weighted by molar-refractivity contribution is 5.80. The highest BCUT2D eigenvalue weighted by atomic mass is 16.5. The third-order valence-corrected chi connectivity index (χ3v) is 3.02. The third kappa shape index (κ3) is 2.28. The third-order valence-electron chi connectivity index (χ3n) is 3.02. The summed E-state index contributed by atoms with van der Waals surface area (Å²) in [5.41, 5.74) is 3.88. The minimum absolute atomic E-state index is 0.677. The van der Waals surface area contributed by atoms with Gasteiger partial charge >= 0.3 is 0 Å². The molecule has 2 heteroatoms. The summed E-state index contributed by atoms with van der Waals surface area (Å²) in [5.74, 6) is 0.892. The van der Waals surface area contributed by atoms with Gasteiger partial charge in [0.05, 0.1) is 7.11 Å². The number of carbonyl (C=O) groups excluding carboxylic acids is 1. The molecule has 0 amide bonds. The lowest BCUT2D eigenvalue weighted by molar-refractivity contribution is 0.112. The maximum Gasteiger partial charge on any atom is 0.150 e. The van der Waals surface area contributed by atoms with E-state index in [0.29, 0.717) is 5.56 Å². The molecule has 0 N–H and O–H groups in total. The van der Waals surface area contributed by atoms with Gasteiger partial charge in [-0.25, -0.2) is 0 Å². The number of aldehydes is 1. The van der Waals surface area contributed by atoms with Crippen LogP contribution in [0.5, 0.6) is 5.75 Å². The Kier molecular flexibility index (Phi) is 3.78. The van der Waals surface area contributed by atoms with Crippen molar-refractivity contribution >= 4 is 6.29 Å². The molecule has 2 rings (SSSR count). The first-order chi connectivity index (χ1) is 8.80. The van der Waals surface area contributed by atoms with Gasteiger partial charge in [0.25, 0.3) is 0 Å². The zero-order valence-corrected chi connectivity index (χ0v) is 10.6. The van der Waals surface area contributed by atoms with E-state index in [1.54, 1.807) is 13.2 Å². The molecule has 0 unspecified atom stereocenters. The van der Waals surface area contributed by atoms with Crippen LogP contribution in [-0.2, 0) is 6.42 Å². The highest BCUT2D eigenvalue weighted by Gasteiger charge is 2.09. The monoisotopic (exact) mass is 240 g/mol. The molecule has 92 valence electrons. The standard InChI is InChI=1S/C16H16O2/c1-3-13-7-5-9-15(16(13)18-2)14-8-4-6-12(10-14)11-17/h4-11H,3H2,1-2H3. The van der Waals surface area contributed by atoms with Crippen LogP contribution in [0.15, 0.2) is 42.5 Å². The van der Waals surface area contributed by atoms with E-state index in [-0.39, 0.29) is 0 Å². The first-order valence-electron chi connectivity index (χ1n) is 6.01. The largest absolute Gasteiger partial charge is 0.496 e. The Hall–Kier alpha value is -2.09. The number of ether oxygens (including phenoxy) is 1. The Labute approximate surface area is 107 Å². The fraction of sp³-hybridized carbons (Fsp3) is 0.188. The lowest BCUT2D eigenvalue weighted by Gasteiger charge is -2.13. The summed E-state index contributed by atoms with van der Waals surface area (Å²) in [6.07, 6.45) is 1.78. The molecule has 0 bridgehead atoms. The van der Waals surface area contributed by atoms with Gasteiger partial charge in [-0.05, 0) is 23.6 Å². The lowest BCUT2D eigenvalue weighted by atomic mass is 9.99. The van der Waals surface area contributed by atoms with Crippen molar-refractivity contribution in [3.05, 3.63) is 53.6 Å². The van der Waals surface area contributed by atoms with Crippen molar-refractivity contribution < 1.29 is 9.53 Å². The number of hydrogen-bond acceptors (Lipinski definition) is 2. The fourth-order valence-electron chi connectivity index (χ4n) is 2.11. The van der Waals surface area contributed by atoms with Crippen LogP contribution in [0.1, 0.15) is 22.8 Å². The van der Waals surface area contributed by atoms with Gasteiger partial charge in [-0.2, -0.15) is 0 Å². The normalized spacial score (nSPS) is 10.1. The second kappa shape index (κ2) is 5.50. The van der Waals surface area contributed by atoms with Gasteiger partial charge in [0.1, 0.15) is 12.0 Å². The van der Waals surface area contributed by atoms with E-state index in [0.717, 1.165) is 29.6 Å². The fourth-order valence-corrected chi connectivity index (χ4v) is 2.11. The Morgan fingerprint density at radius 3 is 2.61 bits per heavy atom. The molecule has 0 fully saturated rings. The van der Waals surface area contributed by atoms with Crippen molar-refractivity contribution in [2.24, 2.45) is 0 Å². The van der Waals surface area contributed by atoms with Crippen LogP contribution in [0.3, 0.4) is 0 Å². The Morgan fingerprint density at radius 1 is 1.17 bits per heavy atom. The summed E-state index contributed by atoms with van der Waals surface area (Å²) in [6.45, 7) is 2.10. The summed E-state index contributed by atoms with van der Waals surface area (Å²) in [6, 6.07) is 13.6. The van der Waals surface area contributed by atoms with Gasteiger partial charge in [0.15, 0.2) is 0 Å². The van der Waals surface area contributed by atoms with E-state index < -0.39 is 0 Å². The molecule has 0 spiro atoms. The molecule has 0 aromatic heterocycles. The molecule has 2 aromatic rings. The zero-order chi connectivity index (χ0) is 13.0. The van der Waals surface area contributed by atoms with E-state index >= 15 is 0 Å². The molecular weight excluding hydrogens is 224 g/mol. The SMILES string of the molecule is CCc1cccc(-c2cccc(C=O)c2)c1OC. The van der Waals surface area contributed by atoms with Gasteiger partial charge in [-0.3, -0.25) is 4.79 Å². The molecule has 2 aromatic carbocycles. The number of benzene rings is 2. The molecular formula is C16H16O2. The molecule has 0 aliphatic carbocycles. The maximum absolute atomic E-state index is 10.8. The molecule has 0 saturated carbocycles. The summed E-state index contributed by atoms with van der Waals surface area (Å²) in [5, 5.41) is 0. The molecule has 18 heavy (non-hydrogen) atoms. The molecule has 0 heterocycles. The zero-order valence-electron chi connectivity index (χ0n) is 10.6. The summed E-state index contributed by atoms with van der Waals surface area (Å²) in [7, 11) is 1.68. The van der Waals surface area contributed by atoms with Gasteiger partial charge < -0.3 is 4.74 Å². The van der Waals surface area contributed by atoms with Crippen LogP contribution in [0.4, 0.5) is 0 Å². The first-order valence-corrected chi connectivity index (χ1v) is 6.01. The van der Waals surface area contributed by atoms with Crippen molar-refractivity contribution in [3.63, 3.8) is 0 Å². The number of para-hydroxylation sites is 1. The van der Waals surface area contributed by atoms with E-state index in [4.69, 9.17) is 4.74 Å². The van der Waals surface area contributed by atoms with Gasteiger partial charge in [-0.15, -0.1) is 0 Å². The van der Waals surface area contributed by atoms with E-state index in [9.17, 15) is 4.79 Å². The van der Waals surface area contributed by atoms with Crippen molar-refractivity contribution in [3.8, 4) is 16.9 Å². The van der Waals surface area contributed by atoms with Crippen molar-refractivity contribution in [2.75, 3.05) is 7.11 Å². The van der Waals surface area contributed by atoms with Gasteiger partial charge in [-0.1, -0.05) is 43.3 Å². The second-order valence-electron chi connectivity index (χ2n) is 4.09. The van der Waals surface area contributed by atoms with Crippen molar-refractivity contribution in [1.82, 2.24) is 0 Å². The van der Waals surface area contributed by atoms with Crippen LogP contribution < -0.4 is 4.74 Å².